The lowest BCUT2D eigenvalue weighted by molar-refractivity contribution is 0.316. The van der Waals surface area contributed by atoms with E-state index in [9.17, 15) is 4.39 Å². The molecule has 0 spiro atoms. The molecule has 3 heteroatoms. The average Bonchev–Trinajstić information content (AvgIpc) is 2.70. The Bertz CT molecular complexity index is 427. The Morgan fingerprint density at radius 2 is 1.80 bits per heavy atom. The quantitative estimate of drug-likeness (QED) is 0.725. The molecule has 1 aromatic rings. The van der Waals surface area contributed by atoms with E-state index in [4.69, 9.17) is 11.6 Å². The summed E-state index contributed by atoms with van der Waals surface area (Å²) in [5, 5.41) is 3.87. The number of benzene rings is 1. The van der Waals surface area contributed by atoms with Crippen molar-refractivity contribution in [3.05, 3.63) is 34.6 Å². The van der Waals surface area contributed by atoms with Gasteiger partial charge in [0.25, 0.3) is 0 Å². The molecule has 1 fully saturated rings. The van der Waals surface area contributed by atoms with Crippen LogP contribution in [0.2, 0.25) is 5.02 Å². The van der Waals surface area contributed by atoms with Gasteiger partial charge >= 0.3 is 0 Å². The Morgan fingerprint density at radius 3 is 2.40 bits per heavy atom. The van der Waals surface area contributed by atoms with Crippen LogP contribution in [0, 0.1) is 11.7 Å². The van der Waals surface area contributed by atoms with Crippen molar-refractivity contribution in [2.75, 3.05) is 0 Å². The largest absolute Gasteiger partial charge is 0.307 e. The van der Waals surface area contributed by atoms with Crippen LogP contribution in [0.5, 0.6) is 0 Å². The molecule has 0 saturated heterocycles. The number of nitrogens with one attached hydrogen (secondary N) is 1. The molecule has 1 nitrogen and oxygen atoms in total. The monoisotopic (exact) mass is 297 g/mol. The second-order valence-corrected chi connectivity index (χ2v) is 6.51. The molecule has 1 N–H and O–H groups in total. The predicted molar refractivity (Wildman–Crippen MR) is 83.6 cm³/mol. The second kappa shape index (κ2) is 7.42. The van der Waals surface area contributed by atoms with Crippen molar-refractivity contribution >= 4 is 11.6 Å². The zero-order valence-electron chi connectivity index (χ0n) is 12.5. The number of hydrogen-bond donors (Lipinski definition) is 1. The van der Waals surface area contributed by atoms with Crippen molar-refractivity contribution in [3.8, 4) is 0 Å². The Hall–Kier alpha value is -0.600. The Morgan fingerprint density at radius 1 is 1.15 bits per heavy atom. The lowest BCUT2D eigenvalue weighted by Crippen LogP contribution is -2.35. The van der Waals surface area contributed by atoms with Gasteiger partial charge < -0.3 is 5.32 Å². The Labute approximate surface area is 126 Å². The maximum absolute atomic E-state index is 13.2. The lowest BCUT2D eigenvalue weighted by Gasteiger charge is -2.27. The van der Waals surface area contributed by atoms with Crippen molar-refractivity contribution in [1.82, 2.24) is 5.32 Å². The second-order valence-electron chi connectivity index (χ2n) is 6.10. The van der Waals surface area contributed by atoms with Gasteiger partial charge in [-0.25, -0.2) is 4.39 Å². The molecule has 0 radical (unpaired) electrons. The molecule has 1 saturated carbocycles. The molecule has 1 unspecified atom stereocenters. The summed E-state index contributed by atoms with van der Waals surface area (Å²) in [4.78, 5) is 0. The summed E-state index contributed by atoms with van der Waals surface area (Å²) in [5.41, 5.74) is 1.05. The third-order valence-electron chi connectivity index (χ3n) is 4.56. The summed E-state index contributed by atoms with van der Waals surface area (Å²) in [7, 11) is 0. The fourth-order valence-corrected chi connectivity index (χ4v) is 3.41. The van der Waals surface area contributed by atoms with E-state index in [1.165, 1.54) is 44.6 Å². The van der Waals surface area contributed by atoms with Crippen molar-refractivity contribution < 1.29 is 4.39 Å². The minimum atomic E-state index is -0.348. The predicted octanol–water partition coefficient (Wildman–Crippen LogP) is 5.49. The van der Waals surface area contributed by atoms with Gasteiger partial charge in [-0.3, -0.25) is 0 Å². The summed E-state index contributed by atoms with van der Waals surface area (Å²) in [6, 6.07) is 5.69. The SMILES string of the molecule is CC(N[C@H](C)C1CCCCCC1)c1ccc(F)c(Cl)c1. The van der Waals surface area contributed by atoms with Gasteiger partial charge in [-0.2, -0.15) is 0 Å². The number of hydrogen-bond acceptors (Lipinski definition) is 1. The first kappa shape index (κ1) is 15.8. The molecule has 0 aliphatic heterocycles. The minimum Gasteiger partial charge on any atom is -0.307 e. The molecular weight excluding hydrogens is 273 g/mol. The van der Waals surface area contributed by atoms with E-state index in [1.54, 1.807) is 6.07 Å². The van der Waals surface area contributed by atoms with Crippen LogP contribution in [0.25, 0.3) is 0 Å². The van der Waals surface area contributed by atoms with Crippen LogP contribution >= 0.6 is 11.6 Å². The first-order chi connectivity index (χ1) is 9.58. The van der Waals surface area contributed by atoms with Crippen molar-refractivity contribution in [3.63, 3.8) is 0 Å². The van der Waals surface area contributed by atoms with E-state index < -0.39 is 0 Å². The first-order valence-corrected chi connectivity index (χ1v) is 8.16. The van der Waals surface area contributed by atoms with Crippen molar-refractivity contribution in [2.45, 2.75) is 64.5 Å². The van der Waals surface area contributed by atoms with Crippen LogP contribution < -0.4 is 5.32 Å². The fourth-order valence-electron chi connectivity index (χ4n) is 3.22. The Balaban J connectivity index is 1.95. The maximum Gasteiger partial charge on any atom is 0.141 e. The molecule has 0 bridgehead atoms. The summed E-state index contributed by atoms with van der Waals surface area (Å²) < 4.78 is 13.2. The molecule has 112 valence electrons. The van der Waals surface area contributed by atoms with Gasteiger partial charge in [-0.15, -0.1) is 0 Å². The molecule has 20 heavy (non-hydrogen) atoms. The smallest absolute Gasteiger partial charge is 0.141 e. The maximum atomic E-state index is 13.2. The summed E-state index contributed by atoms with van der Waals surface area (Å²) in [6.45, 7) is 4.40. The van der Waals surface area contributed by atoms with Crippen LogP contribution in [0.3, 0.4) is 0 Å². The number of halogens is 2. The van der Waals surface area contributed by atoms with Gasteiger partial charge in [0.2, 0.25) is 0 Å². The van der Waals surface area contributed by atoms with Gasteiger partial charge in [-0.1, -0.05) is 43.4 Å². The summed E-state index contributed by atoms with van der Waals surface area (Å²) in [5.74, 6) is 0.412. The Kier molecular flexibility index (Phi) is 5.86. The van der Waals surface area contributed by atoms with E-state index in [0.717, 1.165) is 11.5 Å². The van der Waals surface area contributed by atoms with Crippen LogP contribution in [0.1, 0.15) is 64.0 Å². The van der Waals surface area contributed by atoms with Crippen molar-refractivity contribution in [1.29, 1.82) is 0 Å². The average molecular weight is 298 g/mol. The van der Waals surface area contributed by atoms with Gasteiger partial charge in [-0.05, 0) is 50.3 Å². The van der Waals surface area contributed by atoms with Crippen LogP contribution in [0.15, 0.2) is 18.2 Å². The van der Waals surface area contributed by atoms with Crippen LogP contribution in [-0.4, -0.2) is 6.04 Å². The lowest BCUT2D eigenvalue weighted by atomic mass is 9.92. The molecule has 0 amide bonds. The van der Waals surface area contributed by atoms with Crippen LogP contribution in [0.4, 0.5) is 4.39 Å². The van der Waals surface area contributed by atoms with E-state index in [1.807, 2.05) is 6.07 Å². The van der Waals surface area contributed by atoms with Gasteiger partial charge in [0.15, 0.2) is 0 Å². The van der Waals surface area contributed by atoms with Crippen molar-refractivity contribution in [2.24, 2.45) is 5.92 Å². The zero-order valence-corrected chi connectivity index (χ0v) is 13.2. The van der Waals surface area contributed by atoms with Gasteiger partial charge in [0.05, 0.1) is 5.02 Å². The van der Waals surface area contributed by atoms with E-state index in [0.29, 0.717) is 6.04 Å². The van der Waals surface area contributed by atoms with E-state index in [2.05, 4.69) is 19.2 Å². The molecule has 1 aliphatic carbocycles. The summed E-state index contributed by atoms with van der Waals surface area (Å²) in [6.07, 6.45) is 8.12. The molecule has 2 atom stereocenters. The normalized spacial score (nSPS) is 20.4. The molecule has 2 rings (SSSR count). The van der Waals surface area contributed by atoms with E-state index in [-0.39, 0.29) is 16.9 Å². The molecule has 1 aliphatic rings. The third-order valence-corrected chi connectivity index (χ3v) is 4.85. The standard InChI is InChI=1S/C17H25ClFN/c1-12(14-7-5-3-4-6-8-14)20-13(2)15-9-10-17(19)16(18)11-15/h9-14,20H,3-8H2,1-2H3/t12-,13?/m1/s1. The molecule has 1 aromatic carbocycles. The highest BCUT2D eigenvalue weighted by molar-refractivity contribution is 6.30. The first-order valence-electron chi connectivity index (χ1n) is 7.79. The van der Waals surface area contributed by atoms with Gasteiger partial charge in [0, 0.05) is 12.1 Å². The van der Waals surface area contributed by atoms with Crippen LogP contribution in [-0.2, 0) is 0 Å². The highest BCUT2D eigenvalue weighted by Crippen LogP contribution is 2.27. The highest BCUT2D eigenvalue weighted by atomic mass is 35.5. The fraction of sp³-hybridized carbons (Fsp3) is 0.647. The van der Waals surface area contributed by atoms with Gasteiger partial charge in [0.1, 0.15) is 5.82 Å². The molecule has 0 heterocycles. The molecular formula is C17H25ClFN. The minimum absolute atomic E-state index is 0.200. The highest BCUT2D eigenvalue weighted by Gasteiger charge is 2.20. The van der Waals surface area contributed by atoms with E-state index >= 15 is 0 Å². The third kappa shape index (κ3) is 4.20. The topological polar surface area (TPSA) is 12.0 Å². The molecule has 0 aromatic heterocycles. The summed E-state index contributed by atoms with van der Waals surface area (Å²) >= 11 is 5.86. The zero-order chi connectivity index (χ0) is 14.5. The number of rotatable bonds is 4.